The molecule has 0 spiro atoms. The van der Waals surface area contributed by atoms with Gasteiger partial charge in [0.1, 0.15) is 5.57 Å². The molecule has 222 valence electrons. The van der Waals surface area contributed by atoms with Crippen LogP contribution in [0.2, 0.25) is 0 Å². The van der Waals surface area contributed by atoms with Crippen molar-refractivity contribution in [2.24, 2.45) is 17.8 Å². The Morgan fingerprint density at radius 1 is 0.907 bits per heavy atom. The van der Waals surface area contributed by atoms with Crippen LogP contribution in [0.25, 0.3) is 11.8 Å². The van der Waals surface area contributed by atoms with Gasteiger partial charge in [-0.2, -0.15) is 13.2 Å². The largest absolute Gasteiger partial charge is 0.416 e. The number of rotatable bonds is 4. The minimum Gasteiger partial charge on any atom is -0.318 e. The number of amides is 2. The Morgan fingerprint density at radius 2 is 1.53 bits per heavy atom. The van der Waals surface area contributed by atoms with Crippen LogP contribution in [0.3, 0.4) is 0 Å². The van der Waals surface area contributed by atoms with Crippen molar-refractivity contribution >= 4 is 40.9 Å². The molecule has 2 heterocycles. The second kappa shape index (κ2) is 9.91. The number of carbonyl (C=O) groups excluding carboxylic acids is 2. The SMILES string of the molecule is Cc1cc(/C=C2\C(=O)NC(=S)N(c3cccc(C(F)(F)F)c3)C2=O)c(C)n1-c1ccc(C23CC4CC(CC(C4)C2)C3)cc1. The number of alkyl halides is 3. The number of carbonyl (C=O) groups is 2. The van der Waals surface area contributed by atoms with E-state index < -0.39 is 23.6 Å². The molecule has 5 fully saturated rings. The predicted molar refractivity (Wildman–Crippen MR) is 163 cm³/mol. The number of halogens is 3. The van der Waals surface area contributed by atoms with Gasteiger partial charge in [-0.3, -0.25) is 19.8 Å². The molecule has 9 heteroatoms. The van der Waals surface area contributed by atoms with Crippen molar-refractivity contribution in [3.05, 3.63) is 88.2 Å². The average Bonchev–Trinajstić information content (AvgIpc) is 3.22. The molecule has 1 aliphatic heterocycles. The first-order valence-electron chi connectivity index (χ1n) is 14.8. The van der Waals surface area contributed by atoms with E-state index in [9.17, 15) is 22.8 Å². The molecule has 1 aromatic heterocycles. The second-order valence-electron chi connectivity index (χ2n) is 12.9. The Balaban J connectivity index is 1.19. The van der Waals surface area contributed by atoms with Crippen molar-refractivity contribution in [2.75, 3.05) is 4.90 Å². The zero-order chi connectivity index (χ0) is 30.3. The molecule has 2 amide bonds. The van der Waals surface area contributed by atoms with E-state index in [-0.39, 0.29) is 16.4 Å². The number of benzene rings is 2. The van der Waals surface area contributed by atoms with Gasteiger partial charge in [0.2, 0.25) is 0 Å². The third-order valence-corrected chi connectivity index (χ3v) is 10.4. The van der Waals surface area contributed by atoms with Gasteiger partial charge in [0, 0.05) is 17.1 Å². The Kier molecular flexibility index (Phi) is 6.47. The van der Waals surface area contributed by atoms with Crippen LogP contribution >= 0.6 is 12.2 Å². The van der Waals surface area contributed by atoms with E-state index in [1.54, 1.807) is 0 Å². The lowest BCUT2D eigenvalue weighted by Gasteiger charge is -2.57. The highest BCUT2D eigenvalue weighted by atomic mass is 32.1. The van der Waals surface area contributed by atoms with Crippen molar-refractivity contribution in [3.8, 4) is 5.69 Å². The lowest BCUT2D eigenvalue weighted by molar-refractivity contribution is -0.137. The Morgan fingerprint density at radius 3 is 2.14 bits per heavy atom. The van der Waals surface area contributed by atoms with Crippen molar-refractivity contribution in [1.82, 2.24) is 9.88 Å². The number of nitrogens with zero attached hydrogens (tertiary/aromatic N) is 2. The molecule has 1 saturated heterocycles. The zero-order valence-electron chi connectivity index (χ0n) is 24.0. The maximum Gasteiger partial charge on any atom is 0.416 e. The summed E-state index contributed by atoms with van der Waals surface area (Å²) in [4.78, 5) is 27.3. The molecule has 0 radical (unpaired) electrons. The topological polar surface area (TPSA) is 54.3 Å². The van der Waals surface area contributed by atoms with E-state index >= 15 is 0 Å². The fraction of sp³-hybridized carbons (Fsp3) is 0.382. The first-order valence-corrected chi connectivity index (χ1v) is 15.2. The molecule has 5 nitrogen and oxygen atoms in total. The summed E-state index contributed by atoms with van der Waals surface area (Å²) in [6.07, 6.45) is 5.01. The van der Waals surface area contributed by atoms with Crippen LogP contribution in [-0.2, 0) is 21.2 Å². The highest BCUT2D eigenvalue weighted by Crippen LogP contribution is 2.60. The quantitative estimate of drug-likeness (QED) is 0.192. The van der Waals surface area contributed by atoms with Crippen LogP contribution in [0.5, 0.6) is 0 Å². The Bertz CT molecular complexity index is 1670. The van der Waals surface area contributed by atoms with Crippen LogP contribution in [-0.4, -0.2) is 21.5 Å². The maximum absolute atomic E-state index is 13.5. The lowest BCUT2D eigenvalue weighted by Crippen LogP contribution is -2.54. The van der Waals surface area contributed by atoms with Gasteiger partial charge in [0.15, 0.2) is 5.11 Å². The van der Waals surface area contributed by atoms with Crippen LogP contribution in [0.1, 0.15) is 66.6 Å². The summed E-state index contributed by atoms with van der Waals surface area (Å²) in [5.74, 6) is 1.14. The molecule has 3 aromatic rings. The fourth-order valence-electron chi connectivity index (χ4n) is 8.63. The van der Waals surface area contributed by atoms with Gasteiger partial charge in [0.25, 0.3) is 11.8 Å². The molecule has 4 saturated carbocycles. The van der Waals surface area contributed by atoms with E-state index in [1.165, 1.54) is 62.3 Å². The Labute approximate surface area is 253 Å². The molecule has 0 unspecified atom stereocenters. The van der Waals surface area contributed by atoms with Gasteiger partial charge < -0.3 is 4.57 Å². The summed E-state index contributed by atoms with van der Waals surface area (Å²) in [7, 11) is 0. The first kappa shape index (κ1) is 28.1. The van der Waals surface area contributed by atoms with E-state index in [1.807, 2.05) is 19.9 Å². The molecule has 2 aromatic carbocycles. The van der Waals surface area contributed by atoms with E-state index in [4.69, 9.17) is 12.2 Å². The number of thiocarbonyl (C=S) groups is 1. The smallest absolute Gasteiger partial charge is 0.318 e. The molecular formula is C34H32F3N3O2S. The molecule has 5 aliphatic rings. The van der Waals surface area contributed by atoms with Crippen molar-refractivity contribution in [1.29, 1.82) is 0 Å². The van der Waals surface area contributed by atoms with Gasteiger partial charge in [-0.25, -0.2) is 0 Å². The summed E-state index contributed by atoms with van der Waals surface area (Å²) in [6, 6.07) is 15.1. The summed E-state index contributed by atoms with van der Waals surface area (Å²) >= 11 is 5.19. The molecule has 4 bridgehead atoms. The Hall–Kier alpha value is -3.72. The number of anilines is 1. The molecule has 43 heavy (non-hydrogen) atoms. The summed E-state index contributed by atoms with van der Waals surface area (Å²) in [5.41, 5.74) is 3.99. The van der Waals surface area contributed by atoms with Crippen LogP contribution in [0.4, 0.5) is 18.9 Å². The summed E-state index contributed by atoms with van der Waals surface area (Å²) in [5, 5.41) is 2.19. The van der Waals surface area contributed by atoms with E-state index in [2.05, 4.69) is 34.1 Å². The predicted octanol–water partition coefficient (Wildman–Crippen LogP) is 7.41. The van der Waals surface area contributed by atoms with Gasteiger partial charge >= 0.3 is 6.18 Å². The van der Waals surface area contributed by atoms with Crippen LogP contribution in [0, 0.1) is 31.6 Å². The normalized spacial score (nSPS) is 27.7. The standard InChI is InChI=1S/C34H32F3N3O2S/c1-19-10-24(14-29-30(41)38-32(43)40(31(29)42)28-5-3-4-26(15-28)34(35,36)37)20(2)39(19)27-8-6-25(7-9-27)33-16-21-11-22(17-33)13-23(12-21)18-33/h3-10,14-15,21-23H,11-13,16-18H2,1-2H3,(H,38,41,43)/b29-14+. The second-order valence-corrected chi connectivity index (χ2v) is 13.3. The maximum atomic E-state index is 13.5. The number of hydrogen-bond acceptors (Lipinski definition) is 3. The van der Waals surface area contributed by atoms with Gasteiger partial charge in [-0.15, -0.1) is 0 Å². The van der Waals surface area contributed by atoms with Crippen LogP contribution < -0.4 is 10.2 Å². The summed E-state index contributed by atoms with van der Waals surface area (Å²) in [6.45, 7) is 3.89. The zero-order valence-corrected chi connectivity index (χ0v) is 24.8. The van der Waals surface area contributed by atoms with E-state index in [0.29, 0.717) is 11.0 Å². The average molecular weight is 604 g/mol. The van der Waals surface area contributed by atoms with Crippen molar-refractivity contribution in [2.45, 2.75) is 64.0 Å². The highest BCUT2D eigenvalue weighted by Gasteiger charge is 2.51. The molecule has 4 aliphatic carbocycles. The number of aryl methyl sites for hydroxylation is 1. The third-order valence-electron chi connectivity index (χ3n) is 10.1. The fourth-order valence-corrected chi connectivity index (χ4v) is 8.91. The van der Waals surface area contributed by atoms with Gasteiger partial charge in [-0.1, -0.05) is 18.2 Å². The summed E-state index contributed by atoms with van der Waals surface area (Å²) < 4.78 is 42.1. The molecule has 1 N–H and O–H groups in total. The van der Waals surface area contributed by atoms with Gasteiger partial charge in [0.05, 0.1) is 11.3 Å². The van der Waals surface area contributed by atoms with Crippen LogP contribution in [0.15, 0.2) is 60.2 Å². The minimum absolute atomic E-state index is 0.0692. The monoisotopic (exact) mass is 603 g/mol. The number of nitrogens with one attached hydrogen (secondary N) is 1. The lowest BCUT2D eigenvalue weighted by atomic mass is 9.48. The highest BCUT2D eigenvalue weighted by molar-refractivity contribution is 7.80. The van der Waals surface area contributed by atoms with Crippen molar-refractivity contribution in [3.63, 3.8) is 0 Å². The van der Waals surface area contributed by atoms with Crippen molar-refractivity contribution < 1.29 is 22.8 Å². The molecule has 8 rings (SSSR count). The first-order chi connectivity index (χ1) is 20.4. The minimum atomic E-state index is -4.59. The molecule has 0 atom stereocenters. The number of aromatic nitrogens is 1. The van der Waals surface area contributed by atoms with E-state index in [0.717, 1.165) is 51.9 Å². The molecular weight excluding hydrogens is 571 g/mol. The third kappa shape index (κ3) is 4.72. The number of hydrogen-bond donors (Lipinski definition) is 1. The van der Waals surface area contributed by atoms with Gasteiger partial charge in [-0.05, 0) is 141 Å².